The molecule has 0 rings (SSSR count). The lowest BCUT2D eigenvalue weighted by molar-refractivity contribution is -0.145. The highest BCUT2D eigenvalue weighted by Crippen LogP contribution is 2.03. The first-order chi connectivity index (χ1) is 8.22. The normalized spacial score (nSPS) is 13.8. The molecule has 104 valence electrons. The molecular formula is C11H20N2O5. The Labute approximate surface area is 106 Å². The molecule has 0 spiro atoms. The van der Waals surface area contributed by atoms with E-state index in [9.17, 15) is 14.4 Å². The zero-order valence-corrected chi connectivity index (χ0v) is 10.8. The molecule has 0 bridgehead atoms. The van der Waals surface area contributed by atoms with Crippen molar-refractivity contribution in [2.45, 2.75) is 45.7 Å². The van der Waals surface area contributed by atoms with Gasteiger partial charge in [0.25, 0.3) is 0 Å². The molecule has 0 aliphatic rings. The predicted octanol–water partition coefficient (Wildman–Crippen LogP) is 0.648. The van der Waals surface area contributed by atoms with E-state index in [1.165, 1.54) is 0 Å². The van der Waals surface area contributed by atoms with Crippen molar-refractivity contribution in [1.82, 2.24) is 10.6 Å². The van der Waals surface area contributed by atoms with E-state index in [4.69, 9.17) is 10.2 Å². The zero-order chi connectivity index (χ0) is 14.3. The van der Waals surface area contributed by atoms with Crippen LogP contribution in [0.1, 0.15) is 33.6 Å². The molecule has 2 atom stereocenters. The van der Waals surface area contributed by atoms with Crippen molar-refractivity contribution >= 4 is 18.0 Å². The molecular weight excluding hydrogens is 240 g/mol. The highest BCUT2D eigenvalue weighted by Gasteiger charge is 2.23. The summed E-state index contributed by atoms with van der Waals surface area (Å²) < 4.78 is 0. The Morgan fingerprint density at radius 3 is 2.00 bits per heavy atom. The van der Waals surface area contributed by atoms with Gasteiger partial charge < -0.3 is 20.8 Å². The van der Waals surface area contributed by atoms with Crippen LogP contribution < -0.4 is 10.6 Å². The average molecular weight is 260 g/mol. The second-order valence-corrected chi connectivity index (χ2v) is 4.64. The molecule has 0 radical (unpaired) electrons. The van der Waals surface area contributed by atoms with Crippen molar-refractivity contribution in [3.63, 3.8) is 0 Å². The lowest BCUT2D eigenvalue weighted by atomic mass is 10.1. The quantitative estimate of drug-likeness (QED) is 0.536. The zero-order valence-electron chi connectivity index (χ0n) is 10.8. The summed E-state index contributed by atoms with van der Waals surface area (Å²) in [5, 5.41) is 21.9. The molecule has 4 N–H and O–H groups in total. The lowest BCUT2D eigenvalue weighted by Crippen LogP contribution is -2.49. The first kappa shape index (κ1) is 16.2. The summed E-state index contributed by atoms with van der Waals surface area (Å²) in [6.45, 7) is 5.80. The Hall–Kier alpha value is -1.79. The predicted molar refractivity (Wildman–Crippen MR) is 64.3 cm³/mol. The van der Waals surface area contributed by atoms with Crippen LogP contribution >= 0.6 is 0 Å². The minimum absolute atomic E-state index is 0.107. The minimum Gasteiger partial charge on any atom is -0.481 e. The van der Waals surface area contributed by atoms with Crippen molar-refractivity contribution in [3.05, 3.63) is 0 Å². The van der Waals surface area contributed by atoms with Crippen LogP contribution in [0.15, 0.2) is 0 Å². The van der Waals surface area contributed by atoms with Crippen molar-refractivity contribution in [2.24, 2.45) is 5.92 Å². The minimum atomic E-state index is -1.42. The van der Waals surface area contributed by atoms with Crippen molar-refractivity contribution in [3.8, 4) is 0 Å². The number of amides is 2. The molecule has 0 aromatic carbocycles. The van der Waals surface area contributed by atoms with Gasteiger partial charge in [0.2, 0.25) is 0 Å². The standard InChI is InChI=1S/C11H20N2O5/c1-6(2)4-7(3)12-11(18)13-8(10(16)17)5-9(14)15/h6-8H,4-5H2,1-3H3,(H,14,15)(H,16,17)(H2,12,13,18)/t7?,8-/m1/s1. The number of hydrogen-bond donors (Lipinski definition) is 4. The molecule has 0 aliphatic carbocycles. The topological polar surface area (TPSA) is 116 Å². The van der Waals surface area contributed by atoms with Gasteiger partial charge in [-0.2, -0.15) is 0 Å². The van der Waals surface area contributed by atoms with Gasteiger partial charge in [-0.25, -0.2) is 9.59 Å². The number of carbonyl (C=O) groups is 3. The Morgan fingerprint density at radius 1 is 1.06 bits per heavy atom. The van der Waals surface area contributed by atoms with E-state index >= 15 is 0 Å². The maximum absolute atomic E-state index is 11.5. The van der Waals surface area contributed by atoms with E-state index in [-0.39, 0.29) is 6.04 Å². The molecule has 0 saturated heterocycles. The fraction of sp³-hybridized carbons (Fsp3) is 0.727. The third-order valence-electron chi connectivity index (χ3n) is 2.18. The van der Waals surface area contributed by atoms with E-state index in [0.717, 1.165) is 6.42 Å². The fourth-order valence-corrected chi connectivity index (χ4v) is 1.56. The van der Waals surface area contributed by atoms with Gasteiger partial charge in [0, 0.05) is 6.04 Å². The first-order valence-electron chi connectivity index (χ1n) is 5.74. The molecule has 18 heavy (non-hydrogen) atoms. The molecule has 0 aromatic rings. The number of aliphatic carboxylic acids is 2. The summed E-state index contributed by atoms with van der Waals surface area (Å²) in [5.41, 5.74) is 0. The van der Waals surface area contributed by atoms with Gasteiger partial charge in [0.1, 0.15) is 6.04 Å². The van der Waals surface area contributed by atoms with E-state index in [2.05, 4.69) is 10.6 Å². The number of urea groups is 1. The highest BCUT2D eigenvalue weighted by atomic mass is 16.4. The number of carboxylic acids is 2. The van der Waals surface area contributed by atoms with Gasteiger partial charge >= 0.3 is 18.0 Å². The highest BCUT2D eigenvalue weighted by molar-refractivity contribution is 5.86. The Kier molecular flexibility index (Phi) is 6.77. The van der Waals surface area contributed by atoms with Gasteiger partial charge in [-0.15, -0.1) is 0 Å². The number of carboxylic acid groups (broad SMARTS) is 2. The van der Waals surface area contributed by atoms with Crippen LogP contribution in [0.4, 0.5) is 4.79 Å². The Bertz CT molecular complexity index is 317. The largest absolute Gasteiger partial charge is 0.481 e. The SMILES string of the molecule is CC(C)CC(C)NC(=O)N[C@H](CC(=O)O)C(=O)O. The van der Waals surface area contributed by atoms with E-state index < -0.39 is 30.4 Å². The molecule has 0 saturated carbocycles. The number of rotatable bonds is 7. The Morgan fingerprint density at radius 2 is 1.61 bits per heavy atom. The van der Waals surface area contributed by atoms with Gasteiger partial charge in [-0.3, -0.25) is 4.79 Å². The molecule has 7 nitrogen and oxygen atoms in total. The van der Waals surface area contributed by atoms with Crippen LogP contribution in [0.2, 0.25) is 0 Å². The molecule has 0 aliphatic heterocycles. The average Bonchev–Trinajstić information content (AvgIpc) is 2.13. The van der Waals surface area contributed by atoms with Crippen LogP contribution in [0.5, 0.6) is 0 Å². The maximum Gasteiger partial charge on any atom is 0.326 e. The molecule has 2 amide bonds. The number of nitrogens with one attached hydrogen (secondary N) is 2. The number of carbonyl (C=O) groups excluding carboxylic acids is 1. The monoisotopic (exact) mass is 260 g/mol. The molecule has 0 heterocycles. The summed E-state index contributed by atoms with van der Waals surface area (Å²) in [6.07, 6.45) is 0.103. The third kappa shape index (κ3) is 7.48. The van der Waals surface area contributed by atoms with E-state index in [1.54, 1.807) is 6.92 Å². The van der Waals surface area contributed by atoms with Gasteiger partial charge in [0.15, 0.2) is 0 Å². The molecule has 1 unspecified atom stereocenters. The molecule has 7 heteroatoms. The van der Waals surface area contributed by atoms with Crippen LogP contribution in [-0.4, -0.2) is 40.3 Å². The summed E-state index contributed by atoms with van der Waals surface area (Å²) in [4.78, 5) is 32.6. The summed E-state index contributed by atoms with van der Waals surface area (Å²) in [7, 11) is 0. The second-order valence-electron chi connectivity index (χ2n) is 4.64. The van der Waals surface area contributed by atoms with Gasteiger partial charge in [-0.05, 0) is 19.3 Å². The summed E-state index contributed by atoms with van der Waals surface area (Å²) in [5.74, 6) is -2.25. The van der Waals surface area contributed by atoms with E-state index in [0.29, 0.717) is 5.92 Å². The Balaban J connectivity index is 4.25. The molecule has 0 fully saturated rings. The van der Waals surface area contributed by atoms with Crippen LogP contribution in [0, 0.1) is 5.92 Å². The lowest BCUT2D eigenvalue weighted by Gasteiger charge is -2.18. The van der Waals surface area contributed by atoms with Crippen molar-refractivity contribution in [1.29, 1.82) is 0 Å². The van der Waals surface area contributed by atoms with Gasteiger partial charge in [0.05, 0.1) is 6.42 Å². The number of hydrogen-bond acceptors (Lipinski definition) is 3. The summed E-state index contributed by atoms with van der Waals surface area (Å²) in [6, 6.07) is -2.20. The fourth-order valence-electron chi connectivity index (χ4n) is 1.56. The van der Waals surface area contributed by atoms with E-state index in [1.807, 2.05) is 13.8 Å². The van der Waals surface area contributed by atoms with Crippen LogP contribution in [-0.2, 0) is 9.59 Å². The smallest absolute Gasteiger partial charge is 0.326 e. The van der Waals surface area contributed by atoms with Crippen molar-refractivity contribution in [2.75, 3.05) is 0 Å². The van der Waals surface area contributed by atoms with Crippen LogP contribution in [0.3, 0.4) is 0 Å². The first-order valence-corrected chi connectivity index (χ1v) is 5.74. The van der Waals surface area contributed by atoms with Crippen LogP contribution in [0.25, 0.3) is 0 Å². The third-order valence-corrected chi connectivity index (χ3v) is 2.18. The summed E-state index contributed by atoms with van der Waals surface area (Å²) >= 11 is 0. The second kappa shape index (κ2) is 7.52. The maximum atomic E-state index is 11.5. The van der Waals surface area contributed by atoms with Gasteiger partial charge in [-0.1, -0.05) is 13.8 Å². The molecule has 0 aromatic heterocycles. The van der Waals surface area contributed by atoms with Crippen molar-refractivity contribution < 1.29 is 24.6 Å².